The van der Waals surface area contributed by atoms with Crippen LogP contribution in [0.5, 0.6) is 0 Å². The molecule has 0 aliphatic rings. The molecule has 0 aromatic heterocycles. The third kappa shape index (κ3) is 15.9. The molecule has 0 aliphatic heterocycles. The fourth-order valence-corrected chi connectivity index (χ4v) is 2.42. The minimum Gasteiger partial charge on any atom is -0.396 e. The summed E-state index contributed by atoms with van der Waals surface area (Å²) in [5.41, 5.74) is -5.91. The van der Waals surface area contributed by atoms with E-state index in [0.29, 0.717) is 0 Å². The molecule has 0 spiro atoms. The molecule has 18 heteroatoms. The van der Waals surface area contributed by atoms with Crippen molar-refractivity contribution in [3.05, 3.63) is 0 Å². The van der Waals surface area contributed by atoms with Crippen LogP contribution < -0.4 is 0 Å². The van der Waals surface area contributed by atoms with Crippen LogP contribution in [0, 0.1) is 27.1 Å². The van der Waals surface area contributed by atoms with Crippen LogP contribution in [-0.2, 0) is 9.47 Å². The van der Waals surface area contributed by atoms with Gasteiger partial charge in [0.15, 0.2) is 0 Å². The molecule has 0 aliphatic carbocycles. The molecule has 0 radical (unpaired) electrons. The van der Waals surface area contributed by atoms with Gasteiger partial charge in [0.25, 0.3) is 0 Å². The zero-order valence-electron chi connectivity index (χ0n) is 24.6. The fourth-order valence-electron chi connectivity index (χ4n) is 2.42. The van der Waals surface area contributed by atoms with Crippen molar-refractivity contribution in [2.75, 3.05) is 132 Å². The SMILES string of the molecule is OCC(CO)(CO)CO.OCC(CO)(CO)CO.OCC(CO)(CO)COCC(CO)(CO)COCC(CO)(CO)CO. The number of rotatable bonds is 24. The van der Waals surface area contributed by atoms with Crippen molar-refractivity contribution in [3.8, 4) is 0 Å². The monoisotopic (exact) mass is 644 g/mol. The molecule has 16 N–H and O–H groups in total. The first-order chi connectivity index (χ1) is 20.4. The highest BCUT2D eigenvalue weighted by atomic mass is 16.5. The largest absolute Gasteiger partial charge is 0.396 e. The molecule has 43 heavy (non-hydrogen) atoms. The Bertz CT molecular complexity index is 505. The first-order valence-corrected chi connectivity index (χ1v) is 13.3. The quantitative estimate of drug-likeness (QED) is 0.0463. The van der Waals surface area contributed by atoms with Gasteiger partial charge in [0.05, 0.1) is 159 Å². The van der Waals surface area contributed by atoms with E-state index in [9.17, 15) is 40.9 Å². The number of aliphatic hydroxyl groups is 16. The van der Waals surface area contributed by atoms with E-state index in [4.69, 9.17) is 50.3 Å². The van der Waals surface area contributed by atoms with Crippen LogP contribution in [0.15, 0.2) is 0 Å². The van der Waals surface area contributed by atoms with Crippen molar-refractivity contribution < 1.29 is 91.2 Å². The predicted molar refractivity (Wildman–Crippen MR) is 147 cm³/mol. The predicted octanol–water partition coefficient (Wildman–Crippen LogP) is -8.20. The smallest absolute Gasteiger partial charge is 0.0632 e. The van der Waals surface area contributed by atoms with Gasteiger partial charge in [-0.15, -0.1) is 0 Å². The standard InChI is InChI=1S/C15H32O10.2C5H12O4/c16-1-13(2-17,3-18)9-24-11-15(7-22,8-23)12-25-10-14(4-19,5-20)6-21;2*6-1-5(2-7,3-8)4-9/h16-23H,1-12H2;2*6-9H,1-4H2. The van der Waals surface area contributed by atoms with E-state index < -0.39 is 133 Å². The van der Waals surface area contributed by atoms with Crippen LogP contribution in [0.3, 0.4) is 0 Å². The lowest BCUT2D eigenvalue weighted by molar-refractivity contribution is -0.127. The van der Waals surface area contributed by atoms with Crippen molar-refractivity contribution in [2.45, 2.75) is 0 Å². The normalized spacial score (nSPS) is 12.8. The molecule has 0 heterocycles. The van der Waals surface area contributed by atoms with Gasteiger partial charge in [-0.05, 0) is 0 Å². The highest BCUT2D eigenvalue weighted by Gasteiger charge is 2.35. The second kappa shape index (κ2) is 25.5. The highest BCUT2D eigenvalue weighted by molar-refractivity contribution is 4.82. The molecular weight excluding hydrogens is 588 g/mol. The average Bonchev–Trinajstić information content (AvgIpc) is 3.08. The second-order valence-electron chi connectivity index (χ2n) is 11.0. The van der Waals surface area contributed by atoms with E-state index in [1.165, 1.54) is 0 Å². The summed E-state index contributed by atoms with van der Waals surface area (Å²) in [5, 5.41) is 143. The van der Waals surface area contributed by atoms with Crippen LogP contribution in [-0.4, -0.2) is 214 Å². The molecule has 0 saturated heterocycles. The maximum Gasteiger partial charge on any atom is 0.0632 e. The Morgan fingerprint density at radius 2 is 0.349 bits per heavy atom. The van der Waals surface area contributed by atoms with Gasteiger partial charge in [0.1, 0.15) is 0 Å². The van der Waals surface area contributed by atoms with Gasteiger partial charge in [0.2, 0.25) is 0 Å². The molecule has 0 saturated carbocycles. The molecular formula is C25H56O18. The van der Waals surface area contributed by atoms with Gasteiger partial charge < -0.3 is 91.2 Å². The second-order valence-corrected chi connectivity index (χ2v) is 11.0. The minimum atomic E-state index is -1.24. The Morgan fingerprint density at radius 1 is 0.209 bits per heavy atom. The number of hydrogen-bond acceptors (Lipinski definition) is 18. The maximum atomic E-state index is 9.56. The molecule has 0 bridgehead atoms. The van der Waals surface area contributed by atoms with Gasteiger partial charge in [-0.1, -0.05) is 0 Å². The van der Waals surface area contributed by atoms with Crippen molar-refractivity contribution in [2.24, 2.45) is 27.1 Å². The Hall–Kier alpha value is -0.720. The third-order valence-electron chi connectivity index (χ3n) is 7.00. The van der Waals surface area contributed by atoms with Crippen molar-refractivity contribution in [3.63, 3.8) is 0 Å². The van der Waals surface area contributed by atoms with E-state index in [0.717, 1.165) is 0 Å². The minimum absolute atomic E-state index is 0.188. The number of hydrogen-bond donors (Lipinski definition) is 16. The first kappa shape index (κ1) is 46.7. The van der Waals surface area contributed by atoms with Crippen LogP contribution in [0.2, 0.25) is 0 Å². The summed E-state index contributed by atoms with van der Waals surface area (Å²) in [6, 6.07) is 0. The molecule has 0 fully saturated rings. The average molecular weight is 645 g/mol. The van der Waals surface area contributed by atoms with Gasteiger partial charge in [-0.25, -0.2) is 0 Å². The zero-order chi connectivity index (χ0) is 34.1. The topological polar surface area (TPSA) is 342 Å². The summed E-state index contributed by atoms with van der Waals surface area (Å²) >= 11 is 0. The van der Waals surface area contributed by atoms with E-state index in [1.54, 1.807) is 0 Å². The molecule has 0 aromatic carbocycles. The zero-order valence-corrected chi connectivity index (χ0v) is 24.6. The molecule has 0 aromatic rings. The number of ether oxygens (including phenoxy) is 2. The summed E-state index contributed by atoms with van der Waals surface area (Å²) in [6.07, 6.45) is 0. The van der Waals surface area contributed by atoms with Gasteiger partial charge in [-0.2, -0.15) is 0 Å². The first-order valence-electron chi connectivity index (χ1n) is 13.3. The lowest BCUT2D eigenvalue weighted by atomic mass is 9.90. The van der Waals surface area contributed by atoms with E-state index in [-0.39, 0.29) is 26.4 Å². The number of aliphatic hydroxyl groups excluding tert-OH is 16. The summed E-state index contributed by atoms with van der Waals surface area (Å²) in [4.78, 5) is 0. The Morgan fingerprint density at radius 3 is 0.465 bits per heavy atom. The lowest BCUT2D eigenvalue weighted by Crippen LogP contribution is -2.45. The van der Waals surface area contributed by atoms with Gasteiger partial charge in [0, 0.05) is 0 Å². The molecule has 0 rings (SSSR count). The van der Waals surface area contributed by atoms with E-state index >= 15 is 0 Å². The van der Waals surface area contributed by atoms with Crippen LogP contribution >= 0.6 is 0 Å². The fraction of sp³-hybridized carbons (Fsp3) is 1.00. The van der Waals surface area contributed by atoms with Gasteiger partial charge >= 0.3 is 0 Å². The molecule has 0 atom stereocenters. The Labute approximate surface area is 250 Å². The Balaban J connectivity index is -0.000000722. The molecule has 0 unspecified atom stereocenters. The maximum absolute atomic E-state index is 9.56. The van der Waals surface area contributed by atoms with E-state index in [2.05, 4.69) is 0 Å². The summed E-state index contributed by atoms with van der Waals surface area (Å²) < 4.78 is 10.7. The van der Waals surface area contributed by atoms with E-state index in [1.807, 2.05) is 0 Å². The summed E-state index contributed by atoms with van der Waals surface area (Å²) in [5.74, 6) is 0. The molecule has 18 nitrogen and oxygen atoms in total. The summed E-state index contributed by atoms with van der Waals surface area (Å²) in [6.45, 7) is -8.07. The molecule has 0 amide bonds. The highest BCUT2D eigenvalue weighted by Crippen LogP contribution is 2.23. The molecule has 264 valence electrons. The van der Waals surface area contributed by atoms with Crippen LogP contribution in [0.25, 0.3) is 0 Å². The third-order valence-corrected chi connectivity index (χ3v) is 7.00. The van der Waals surface area contributed by atoms with Crippen LogP contribution in [0.4, 0.5) is 0 Å². The Kier molecular flexibility index (Phi) is 27.7. The van der Waals surface area contributed by atoms with Crippen molar-refractivity contribution >= 4 is 0 Å². The van der Waals surface area contributed by atoms with Gasteiger partial charge in [-0.3, -0.25) is 0 Å². The summed E-state index contributed by atoms with van der Waals surface area (Å²) in [7, 11) is 0. The van der Waals surface area contributed by atoms with Crippen molar-refractivity contribution in [1.82, 2.24) is 0 Å². The lowest BCUT2D eigenvalue weighted by Gasteiger charge is -2.34. The van der Waals surface area contributed by atoms with Crippen molar-refractivity contribution in [1.29, 1.82) is 0 Å². The van der Waals surface area contributed by atoms with Crippen LogP contribution in [0.1, 0.15) is 0 Å².